The summed E-state index contributed by atoms with van der Waals surface area (Å²) in [6.45, 7) is 4.95. The summed E-state index contributed by atoms with van der Waals surface area (Å²) in [6, 6.07) is 0. The number of rotatable bonds is 16. The molecule has 188 valence electrons. The molecule has 0 aromatic heterocycles. The van der Waals surface area contributed by atoms with Crippen LogP contribution in [-0.2, 0) is 33.3 Å². The predicted molar refractivity (Wildman–Crippen MR) is 122 cm³/mol. The van der Waals surface area contributed by atoms with Crippen LogP contribution in [0.1, 0.15) is 90.9 Å². The molecule has 7 heteroatoms. The molecule has 0 bridgehead atoms. The molecule has 8 unspecified atom stereocenters. The van der Waals surface area contributed by atoms with Crippen molar-refractivity contribution in [2.45, 2.75) is 128 Å². The van der Waals surface area contributed by atoms with E-state index in [0.717, 1.165) is 25.7 Å². The van der Waals surface area contributed by atoms with Crippen LogP contribution in [0, 0.1) is 11.8 Å². The third-order valence-corrected chi connectivity index (χ3v) is 7.59. The molecule has 0 aromatic carbocycles. The first-order chi connectivity index (χ1) is 16.1. The molecular formula is C26H42O7. The van der Waals surface area contributed by atoms with E-state index in [0.29, 0.717) is 12.8 Å². The van der Waals surface area contributed by atoms with Gasteiger partial charge in [-0.05, 0) is 25.7 Å². The van der Waals surface area contributed by atoms with Crippen LogP contribution in [0.25, 0.3) is 0 Å². The minimum Gasteiger partial charge on any atom is -0.463 e. The molecule has 0 amide bonds. The first-order valence-corrected chi connectivity index (χ1v) is 13.4. The van der Waals surface area contributed by atoms with Crippen molar-refractivity contribution < 1.29 is 33.3 Å². The number of esters is 2. The van der Waals surface area contributed by atoms with Crippen LogP contribution < -0.4 is 0 Å². The first-order valence-electron chi connectivity index (χ1n) is 13.4. The molecule has 4 fully saturated rings. The summed E-state index contributed by atoms with van der Waals surface area (Å²) in [6.07, 6.45) is 13.4. The molecule has 3 aliphatic heterocycles. The Kier molecular flexibility index (Phi) is 9.05. The Balaban J connectivity index is 1.15. The fraction of sp³-hybridized carbons (Fsp3) is 0.923. The van der Waals surface area contributed by atoms with Gasteiger partial charge in [0.15, 0.2) is 0 Å². The van der Waals surface area contributed by atoms with Gasteiger partial charge in [-0.1, -0.05) is 65.2 Å². The van der Waals surface area contributed by atoms with E-state index in [1.54, 1.807) is 0 Å². The zero-order chi connectivity index (χ0) is 23.2. The third kappa shape index (κ3) is 7.40. The van der Waals surface area contributed by atoms with Crippen molar-refractivity contribution in [3.8, 4) is 0 Å². The molecule has 8 atom stereocenters. The molecule has 33 heavy (non-hydrogen) atoms. The van der Waals surface area contributed by atoms with Gasteiger partial charge in [-0.3, -0.25) is 9.59 Å². The number of ether oxygens (including phenoxy) is 5. The maximum atomic E-state index is 12.8. The second-order valence-electron chi connectivity index (χ2n) is 10.3. The Hall–Kier alpha value is -1.18. The summed E-state index contributed by atoms with van der Waals surface area (Å²) < 4.78 is 28.1. The lowest BCUT2D eigenvalue weighted by atomic mass is 9.79. The number of epoxide rings is 3. The van der Waals surface area contributed by atoms with Crippen molar-refractivity contribution in [2.24, 2.45) is 11.8 Å². The molecule has 7 nitrogen and oxygen atoms in total. The SMILES string of the molecule is CCCCCCC1OC1COC(=O)C1CC2OC2CC1C(=O)OCC1OC1CCCCCC. The molecule has 0 spiro atoms. The zero-order valence-corrected chi connectivity index (χ0v) is 20.4. The van der Waals surface area contributed by atoms with Crippen molar-refractivity contribution in [2.75, 3.05) is 13.2 Å². The fourth-order valence-electron chi connectivity index (χ4n) is 5.19. The number of unbranched alkanes of at least 4 members (excludes halogenated alkanes) is 6. The average Bonchev–Trinajstić information content (AvgIpc) is 3.71. The van der Waals surface area contributed by atoms with Gasteiger partial charge in [0.25, 0.3) is 0 Å². The second kappa shape index (κ2) is 12.0. The summed E-state index contributed by atoms with van der Waals surface area (Å²) in [5.74, 6) is -1.62. The number of carbonyl (C=O) groups excluding carboxylic acids is 2. The Morgan fingerprint density at radius 3 is 1.52 bits per heavy atom. The largest absolute Gasteiger partial charge is 0.463 e. The highest BCUT2D eigenvalue weighted by atomic mass is 16.6. The molecular weight excluding hydrogens is 424 g/mol. The van der Waals surface area contributed by atoms with Crippen molar-refractivity contribution >= 4 is 11.9 Å². The Morgan fingerprint density at radius 2 is 1.09 bits per heavy atom. The Bertz CT molecular complexity index is 599. The van der Waals surface area contributed by atoms with E-state index in [1.807, 2.05) is 0 Å². The first kappa shape index (κ1) is 24.9. The van der Waals surface area contributed by atoms with Crippen LogP contribution in [0.15, 0.2) is 0 Å². The molecule has 4 rings (SSSR count). The summed E-state index contributed by atoms with van der Waals surface area (Å²) >= 11 is 0. The molecule has 1 aliphatic carbocycles. The smallest absolute Gasteiger partial charge is 0.310 e. The lowest BCUT2D eigenvalue weighted by Crippen LogP contribution is -2.38. The Labute approximate surface area is 198 Å². The summed E-state index contributed by atoms with van der Waals surface area (Å²) in [4.78, 5) is 25.6. The van der Waals surface area contributed by atoms with Crippen LogP contribution >= 0.6 is 0 Å². The maximum Gasteiger partial charge on any atom is 0.310 e. The van der Waals surface area contributed by atoms with Gasteiger partial charge in [0.05, 0.1) is 36.3 Å². The van der Waals surface area contributed by atoms with E-state index in [1.165, 1.54) is 38.5 Å². The lowest BCUT2D eigenvalue weighted by molar-refractivity contribution is -0.162. The van der Waals surface area contributed by atoms with Crippen LogP contribution in [-0.4, -0.2) is 61.8 Å². The van der Waals surface area contributed by atoms with Gasteiger partial charge >= 0.3 is 11.9 Å². The molecule has 3 heterocycles. The Morgan fingerprint density at radius 1 is 0.636 bits per heavy atom. The van der Waals surface area contributed by atoms with Crippen LogP contribution in [0.5, 0.6) is 0 Å². The molecule has 0 aromatic rings. The van der Waals surface area contributed by atoms with Gasteiger partial charge in [0.2, 0.25) is 0 Å². The van der Waals surface area contributed by atoms with Crippen molar-refractivity contribution in [3.63, 3.8) is 0 Å². The summed E-state index contributed by atoms with van der Waals surface area (Å²) in [5, 5.41) is 0. The van der Waals surface area contributed by atoms with Crippen LogP contribution in [0.2, 0.25) is 0 Å². The number of hydrogen-bond acceptors (Lipinski definition) is 7. The highest BCUT2D eigenvalue weighted by Crippen LogP contribution is 2.44. The normalized spacial score (nSPS) is 36.1. The number of hydrogen-bond donors (Lipinski definition) is 0. The predicted octanol–water partition coefficient (Wildman–Crippen LogP) is 4.34. The van der Waals surface area contributed by atoms with Crippen LogP contribution in [0.3, 0.4) is 0 Å². The maximum absolute atomic E-state index is 12.8. The fourth-order valence-corrected chi connectivity index (χ4v) is 5.19. The average molecular weight is 467 g/mol. The van der Waals surface area contributed by atoms with Gasteiger partial charge in [0, 0.05) is 0 Å². The summed E-state index contributed by atoms with van der Waals surface area (Å²) in [5.41, 5.74) is 0. The monoisotopic (exact) mass is 466 g/mol. The van der Waals surface area contributed by atoms with Gasteiger partial charge in [-0.2, -0.15) is 0 Å². The molecule has 0 radical (unpaired) electrons. The second-order valence-corrected chi connectivity index (χ2v) is 10.3. The number of fused-ring (bicyclic) bond motifs is 1. The standard InChI is InChI=1S/C26H42O7/c1-3-5-7-9-11-19-23(31-19)15-29-25(27)17-13-21-22(33-21)14-18(17)26(28)30-16-24-20(32-24)12-10-8-6-4-2/h17-24H,3-16H2,1-2H3. The molecule has 3 saturated heterocycles. The van der Waals surface area contributed by atoms with E-state index >= 15 is 0 Å². The molecule has 0 N–H and O–H groups in total. The van der Waals surface area contributed by atoms with Crippen LogP contribution in [0.4, 0.5) is 0 Å². The van der Waals surface area contributed by atoms with Gasteiger partial charge in [-0.25, -0.2) is 0 Å². The van der Waals surface area contributed by atoms with Crippen molar-refractivity contribution in [1.82, 2.24) is 0 Å². The zero-order valence-electron chi connectivity index (χ0n) is 20.4. The summed E-state index contributed by atoms with van der Waals surface area (Å²) in [7, 11) is 0. The van der Waals surface area contributed by atoms with Gasteiger partial charge in [-0.15, -0.1) is 0 Å². The highest BCUT2D eigenvalue weighted by molar-refractivity contribution is 5.82. The van der Waals surface area contributed by atoms with E-state index in [9.17, 15) is 9.59 Å². The van der Waals surface area contributed by atoms with Crippen molar-refractivity contribution in [3.05, 3.63) is 0 Å². The van der Waals surface area contributed by atoms with E-state index < -0.39 is 11.8 Å². The minimum atomic E-state index is -0.493. The van der Waals surface area contributed by atoms with E-state index in [2.05, 4.69) is 13.8 Å². The van der Waals surface area contributed by atoms with Crippen molar-refractivity contribution in [1.29, 1.82) is 0 Å². The van der Waals surface area contributed by atoms with Gasteiger partial charge in [0.1, 0.15) is 25.4 Å². The highest BCUT2D eigenvalue weighted by Gasteiger charge is 2.54. The topological polar surface area (TPSA) is 90.2 Å². The molecule has 1 saturated carbocycles. The third-order valence-electron chi connectivity index (χ3n) is 7.59. The lowest BCUT2D eigenvalue weighted by Gasteiger charge is -2.26. The number of carbonyl (C=O) groups is 2. The minimum absolute atomic E-state index is 0.00997. The van der Waals surface area contributed by atoms with E-state index in [4.69, 9.17) is 23.7 Å². The van der Waals surface area contributed by atoms with Gasteiger partial charge < -0.3 is 23.7 Å². The quantitative estimate of drug-likeness (QED) is 0.190. The molecule has 4 aliphatic rings. The van der Waals surface area contributed by atoms with E-state index in [-0.39, 0.29) is 61.8 Å².